The molecule has 2 nitrogen and oxygen atoms in total. The van der Waals surface area contributed by atoms with Crippen molar-refractivity contribution in [2.75, 3.05) is 13.2 Å². The molecule has 5 aromatic rings. The van der Waals surface area contributed by atoms with Crippen molar-refractivity contribution in [2.24, 2.45) is 0 Å². The molecule has 0 aromatic heterocycles. The summed E-state index contributed by atoms with van der Waals surface area (Å²) >= 11 is 0. The molecule has 0 saturated carbocycles. The highest BCUT2D eigenvalue weighted by atomic mass is 16.5. The maximum Gasteiger partial charge on any atom is 0.128 e. The predicted molar refractivity (Wildman–Crippen MR) is 188 cm³/mol. The van der Waals surface area contributed by atoms with E-state index in [4.69, 9.17) is 9.47 Å². The van der Waals surface area contributed by atoms with E-state index in [9.17, 15) is 0 Å². The standard InChI is InChI=1S/C42H46O2/c1-6-9-25-43-41-29-40(37-22-20-35(21-23-37)38-24-13-31(5)27-32(38)8-3)42(44-26-10-7-2)28-39(41)36-18-16-34(17-19-36)33-14-11-30(4)12-15-33/h11-24,27-29H,6-10,25-26H2,1-5H3. The smallest absolute Gasteiger partial charge is 0.128 e. The van der Waals surface area contributed by atoms with Gasteiger partial charge in [-0.3, -0.25) is 0 Å². The number of ether oxygens (including phenoxy) is 2. The number of hydrogen-bond donors (Lipinski definition) is 0. The van der Waals surface area contributed by atoms with E-state index < -0.39 is 0 Å². The Morgan fingerprint density at radius 3 is 1.30 bits per heavy atom. The van der Waals surface area contributed by atoms with E-state index in [0.29, 0.717) is 13.2 Å². The van der Waals surface area contributed by atoms with Crippen LogP contribution in [0.1, 0.15) is 63.1 Å². The van der Waals surface area contributed by atoms with Gasteiger partial charge in [-0.1, -0.05) is 136 Å². The molecule has 2 heteroatoms. The Labute approximate surface area is 264 Å². The van der Waals surface area contributed by atoms with Crippen molar-refractivity contribution in [1.82, 2.24) is 0 Å². The van der Waals surface area contributed by atoms with Crippen molar-refractivity contribution in [2.45, 2.75) is 66.7 Å². The zero-order valence-corrected chi connectivity index (χ0v) is 27.1. The summed E-state index contributed by atoms with van der Waals surface area (Å²) in [6.07, 6.45) is 5.22. The maximum atomic E-state index is 6.49. The normalized spacial score (nSPS) is 11.0. The molecule has 0 spiro atoms. The van der Waals surface area contributed by atoms with Crippen molar-refractivity contribution in [1.29, 1.82) is 0 Å². The van der Waals surface area contributed by atoms with Crippen LogP contribution in [0.15, 0.2) is 103 Å². The minimum atomic E-state index is 0.687. The molecule has 0 radical (unpaired) electrons. The highest BCUT2D eigenvalue weighted by molar-refractivity contribution is 5.83. The third-order valence-corrected chi connectivity index (χ3v) is 8.32. The van der Waals surface area contributed by atoms with Crippen molar-refractivity contribution in [3.63, 3.8) is 0 Å². The number of aryl methyl sites for hydroxylation is 3. The SMILES string of the molecule is CCCCOc1cc(-c2ccc(-c3ccc(C)cc3CC)cc2)c(OCCCC)cc1-c1ccc(-c2ccc(C)cc2)cc1. The van der Waals surface area contributed by atoms with Crippen LogP contribution in [0.5, 0.6) is 11.5 Å². The molecule has 0 N–H and O–H groups in total. The van der Waals surface area contributed by atoms with Crippen LogP contribution in [0, 0.1) is 13.8 Å². The fraction of sp³-hybridized carbons (Fsp3) is 0.286. The summed E-state index contributed by atoms with van der Waals surface area (Å²) in [7, 11) is 0. The maximum absolute atomic E-state index is 6.49. The van der Waals surface area contributed by atoms with Crippen molar-refractivity contribution in [3.8, 4) is 56.0 Å². The number of benzene rings is 5. The summed E-state index contributed by atoms with van der Waals surface area (Å²) in [4.78, 5) is 0. The molecule has 0 bridgehead atoms. The third kappa shape index (κ3) is 7.42. The molecule has 0 aliphatic carbocycles. The number of hydrogen-bond acceptors (Lipinski definition) is 2. The predicted octanol–water partition coefficient (Wildman–Crippen LogP) is 11.9. The summed E-state index contributed by atoms with van der Waals surface area (Å²) in [6, 6.07) is 37.6. The first kappa shape index (κ1) is 31.1. The van der Waals surface area contributed by atoms with Crippen LogP contribution in [-0.2, 0) is 6.42 Å². The quantitative estimate of drug-likeness (QED) is 0.129. The van der Waals surface area contributed by atoms with Gasteiger partial charge in [-0.05, 0) is 84.2 Å². The van der Waals surface area contributed by atoms with E-state index in [2.05, 4.69) is 138 Å². The Bertz CT molecular complexity index is 1650. The van der Waals surface area contributed by atoms with Crippen LogP contribution in [0.2, 0.25) is 0 Å². The summed E-state index contributed by atoms with van der Waals surface area (Å²) in [6.45, 7) is 12.3. The van der Waals surface area contributed by atoms with E-state index in [1.807, 2.05) is 0 Å². The highest BCUT2D eigenvalue weighted by Gasteiger charge is 2.17. The molecule has 0 amide bonds. The molecule has 226 valence electrons. The highest BCUT2D eigenvalue weighted by Crippen LogP contribution is 2.42. The second-order valence-electron chi connectivity index (χ2n) is 11.8. The van der Waals surface area contributed by atoms with Crippen LogP contribution in [0.4, 0.5) is 0 Å². The topological polar surface area (TPSA) is 18.5 Å². The number of rotatable bonds is 13. The fourth-order valence-corrected chi connectivity index (χ4v) is 5.62. The van der Waals surface area contributed by atoms with E-state index in [1.54, 1.807) is 0 Å². The fourth-order valence-electron chi connectivity index (χ4n) is 5.62. The van der Waals surface area contributed by atoms with Gasteiger partial charge < -0.3 is 9.47 Å². The minimum absolute atomic E-state index is 0.687. The summed E-state index contributed by atoms with van der Waals surface area (Å²) < 4.78 is 13.0. The summed E-state index contributed by atoms with van der Waals surface area (Å²) in [5, 5.41) is 0. The molecule has 0 atom stereocenters. The zero-order valence-electron chi connectivity index (χ0n) is 27.1. The molecular weight excluding hydrogens is 536 g/mol. The molecule has 0 heterocycles. The first-order valence-corrected chi connectivity index (χ1v) is 16.3. The zero-order chi connectivity index (χ0) is 30.9. The summed E-state index contributed by atoms with van der Waals surface area (Å²) in [5.74, 6) is 1.80. The molecule has 0 aliphatic rings. The van der Waals surface area contributed by atoms with Crippen LogP contribution < -0.4 is 9.47 Å². The Balaban J connectivity index is 1.55. The van der Waals surface area contributed by atoms with Gasteiger partial charge in [-0.2, -0.15) is 0 Å². The van der Waals surface area contributed by atoms with Gasteiger partial charge in [-0.15, -0.1) is 0 Å². The molecule has 0 fully saturated rings. The Kier molecular flexibility index (Phi) is 10.6. The van der Waals surface area contributed by atoms with Gasteiger partial charge in [0.2, 0.25) is 0 Å². The van der Waals surface area contributed by atoms with Crippen molar-refractivity contribution >= 4 is 0 Å². The molecule has 5 rings (SSSR count). The lowest BCUT2D eigenvalue weighted by Gasteiger charge is -2.19. The van der Waals surface area contributed by atoms with E-state index in [1.165, 1.54) is 38.9 Å². The Hall–Kier alpha value is -4.30. The second-order valence-corrected chi connectivity index (χ2v) is 11.8. The molecule has 0 unspecified atom stereocenters. The minimum Gasteiger partial charge on any atom is -0.493 e. The second kappa shape index (κ2) is 14.9. The molecule has 5 aromatic carbocycles. The van der Waals surface area contributed by atoms with Gasteiger partial charge in [0.05, 0.1) is 13.2 Å². The van der Waals surface area contributed by atoms with Crippen molar-refractivity contribution in [3.05, 3.63) is 120 Å². The van der Waals surface area contributed by atoms with Gasteiger partial charge in [0, 0.05) is 11.1 Å². The molecular formula is C42H46O2. The van der Waals surface area contributed by atoms with Gasteiger partial charge in [0.1, 0.15) is 11.5 Å². The Morgan fingerprint density at radius 2 is 0.841 bits per heavy atom. The van der Waals surface area contributed by atoms with E-state index in [-0.39, 0.29) is 0 Å². The van der Waals surface area contributed by atoms with E-state index in [0.717, 1.165) is 65.9 Å². The van der Waals surface area contributed by atoms with Gasteiger partial charge in [0.15, 0.2) is 0 Å². The molecule has 0 saturated heterocycles. The van der Waals surface area contributed by atoms with Crippen LogP contribution in [0.3, 0.4) is 0 Å². The first-order chi connectivity index (χ1) is 21.5. The van der Waals surface area contributed by atoms with Crippen LogP contribution in [0.25, 0.3) is 44.5 Å². The van der Waals surface area contributed by atoms with Crippen molar-refractivity contribution < 1.29 is 9.47 Å². The lowest BCUT2D eigenvalue weighted by Crippen LogP contribution is -2.02. The Morgan fingerprint density at radius 1 is 0.432 bits per heavy atom. The van der Waals surface area contributed by atoms with E-state index >= 15 is 0 Å². The first-order valence-electron chi connectivity index (χ1n) is 16.3. The third-order valence-electron chi connectivity index (χ3n) is 8.32. The average molecular weight is 583 g/mol. The average Bonchev–Trinajstić information content (AvgIpc) is 3.06. The molecule has 44 heavy (non-hydrogen) atoms. The van der Waals surface area contributed by atoms with Gasteiger partial charge in [0.25, 0.3) is 0 Å². The monoisotopic (exact) mass is 582 g/mol. The largest absolute Gasteiger partial charge is 0.493 e. The summed E-state index contributed by atoms with van der Waals surface area (Å²) in [5.41, 5.74) is 13.3. The van der Waals surface area contributed by atoms with Crippen LogP contribution in [-0.4, -0.2) is 13.2 Å². The van der Waals surface area contributed by atoms with Crippen LogP contribution >= 0.6 is 0 Å². The lowest BCUT2D eigenvalue weighted by atomic mass is 9.93. The van der Waals surface area contributed by atoms with Gasteiger partial charge >= 0.3 is 0 Å². The molecule has 0 aliphatic heterocycles. The number of unbranched alkanes of at least 4 members (excludes halogenated alkanes) is 2. The lowest BCUT2D eigenvalue weighted by molar-refractivity contribution is 0.303. The van der Waals surface area contributed by atoms with Gasteiger partial charge in [-0.25, -0.2) is 0 Å².